The van der Waals surface area contributed by atoms with Crippen molar-refractivity contribution in [1.82, 2.24) is 5.32 Å². The van der Waals surface area contributed by atoms with Gasteiger partial charge in [0, 0.05) is 18.4 Å². The van der Waals surface area contributed by atoms with E-state index < -0.39 is 0 Å². The normalized spacial score (nSPS) is 24.5. The molecule has 1 aromatic carbocycles. The van der Waals surface area contributed by atoms with Gasteiger partial charge in [-0.25, -0.2) is 0 Å². The van der Waals surface area contributed by atoms with Crippen LogP contribution in [0.25, 0.3) is 0 Å². The molecular formula is C15H21NO. The Balaban J connectivity index is 2.13. The zero-order valence-electron chi connectivity index (χ0n) is 10.8. The van der Waals surface area contributed by atoms with E-state index >= 15 is 0 Å². The molecule has 1 aromatic rings. The molecule has 1 heterocycles. The van der Waals surface area contributed by atoms with Crippen LogP contribution in [0, 0.1) is 0 Å². The van der Waals surface area contributed by atoms with Crippen molar-refractivity contribution in [1.29, 1.82) is 0 Å². The quantitative estimate of drug-likeness (QED) is 0.851. The zero-order chi connectivity index (χ0) is 12.3. The predicted octanol–water partition coefficient (Wildman–Crippen LogP) is 2.81. The second-order valence-corrected chi connectivity index (χ2v) is 5.28. The van der Waals surface area contributed by atoms with Crippen molar-refractivity contribution in [2.75, 3.05) is 6.54 Å². The monoisotopic (exact) mass is 231 g/mol. The smallest absolute Gasteiger partial charge is 0.220 e. The van der Waals surface area contributed by atoms with Crippen LogP contribution in [0.15, 0.2) is 24.3 Å². The van der Waals surface area contributed by atoms with Crippen LogP contribution in [-0.4, -0.2) is 12.5 Å². The van der Waals surface area contributed by atoms with Gasteiger partial charge in [0.2, 0.25) is 5.91 Å². The Morgan fingerprint density at radius 3 is 2.53 bits per heavy atom. The minimum Gasteiger partial charge on any atom is -0.355 e. The van der Waals surface area contributed by atoms with E-state index in [9.17, 15) is 4.79 Å². The average Bonchev–Trinajstić information content (AvgIpc) is 2.35. The molecule has 2 nitrogen and oxygen atoms in total. The molecule has 1 unspecified atom stereocenters. The van der Waals surface area contributed by atoms with E-state index in [1.54, 1.807) is 0 Å². The molecule has 2 rings (SSSR count). The van der Waals surface area contributed by atoms with Crippen molar-refractivity contribution >= 4 is 5.91 Å². The largest absolute Gasteiger partial charge is 0.355 e. The third-order valence-corrected chi connectivity index (χ3v) is 3.77. The summed E-state index contributed by atoms with van der Waals surface area (Å²) in [6.07, 6.45) is 3.93. The topological polar surface area (TPSA) is 29.1 Å². The number of piperidine rings is 1. The van der Waals surface area contributed by atoms with Gasteiger partial charge in [-0.2, -0.15) is 0 Å². The molecule has 0 aliphatic carbocycles. The Bertz CT molecular complexity index is 384. The Morgan fingerprint density at radius 1 is 1.29 bits per heavy atom. The first-order valence-corrected chi connectivity index (χ1v) is 6.50. The number of benzene rings is 1. The molecule has 1 saturated heterocycles. The number of aryl methyl sites for hydroxylation is 1. The van der Waals surface area contributed by atoms with Gasteiger partial charge in [0.15, 0.2) is 0 Å². The standard InChI is InChI=1S/C15H21NO/c1-3-4-12-5-7-13(8-6-12)15(2)10-9-14(17)16-11-15/h5-8H,3-4,9-11H2,1-2H3,(H,16,17). The summed E-state index contributed by atoms with van der Waals surface area (Å²) >= 11 is 0. The van der Waals surface area contributed by atoms with E-state index in [2.05, 4.69) is 43.4 Å². The molecule has 1 atom stereocenters. The van der Waals surface area contributed by atoms with Crippen molar-refractivity contribution in [2.45, 2.75) is 44.9 Å². The lowest BCUT2D eigenvalue weighted by Gasteiger charge is -2.34. The maximum atomic E-state index is 11.2. The Kier molecular flexibility index (Phi) is 3.51. The molecule has 0 aromatic heterocycles. The molecule has 0 radical (unpaired) electrons. The van der Waals surface area contributed by atoms with Gasteiger partial charge in [-0.3, -0.25) is 4.79 Å². The number of rotatable bonds is 3. The van der Waals surface area contributed by atoms with Crippen molar-refractivity contribution in [2.24, 2.45) is 0 Å². The molecule has 17 heavy (non-hydrogen) atoms. The predicted molar refractivity (Wildman–Crippen MR) is 70.0 cm³/mol. The first-order chi connectivity index (χ1) is 8.14. The van der Waals surface area contributed by atoms with Gasteiger partial charge >= 0.3 is 0 Å². The van der Waals surface area contributed by atoms with Crippen LogP contribution in [-0.2, 0) is 16.6 Å². The number of carbonyl (C=O) groups is 1. The third kappa shape index (κ3) is 2.68. The summed E-state index contributed by atoms with van der Waals surface area (Å²) in [5.41, 5.74) is 2.86. The van der Waals surface area contributed by atoms with Crippen molar-refractivity contribution in [3.05, 3.63) is 35.4 Å². The Morgan fingerprint density at radius 2 is 2.00 bits per heavy atom. The molecule has 92 valence electrons. The maximum Gasteiger partial charge on any atom is 0.220 e. The van der Waals surface area contributed by atoms with Gasteiger partial charge in [-0.1, -0.05) is 44.5 Å². The summed E-state index contributed by atoms with van der Waals surface area (Å²) in [6.45, 7) is 5.20. The summed E-state index contributed by atoms with van der Waals surface area (Å²) in [6, 6.07) is 8.89. The van der Waals surface area contributed by atoms with Crippen LogP contribution < -0.4 is 5.32 Å². The van der Waals surface area contributed by atoms with E-state index in [-0.39, 0.29) is 11.3 Å². The van der Waals surface area contributed by atoms with Crippen molar-refractivity contribution in [3.63, 3.8) is 0 Å². The van der Waals surface area contributed by atoms with Crippen LogP contribution in [0.4, 0.5) is 0 Å². The first kappa shape index (κ1) is 12.2. The zero-order valence-corrected chi connectivity index (χ0v) is 10.8. The lowest BCUT2D eigenvalue weighted by Crippen LogP contribution is -2.44. The van der Waals surface area contributed by atoms with E-state index in [0.717, 1.165) is 19.4 Å². The van der Waals surface area contributed by atoms with Gasteiger partial charge in [0.1, 0.15) is 0 Å². The number of hydrogen-bond donors (Lipinski definition) is 1. The molecule has 1 fully saturated rings. The molecule has 1 N–H and O–H groups in total. The van der Waals surface area contributed by atoms with Crippen LogP contribution in [0.5, 0.6) is 0 Å². The minimum absolute atomic E-state index is 0.110. The lowest BCUT2D eigenvalue weighted by molar-refractivity contribution is -0.123. The molecule has 1 aliphatic rings. The Labute approximate surface area is 103 Å². The highest BCUT2D eigenvalue weighted by atomic mass is 16.1. The highest BCUT2D eigenvalue weighted by molar-refractivity contribution is 5.77. The summed E-state index contributed by atoms with van der Waals surface area (Å²) < 4.78 is 0. The van der Waals surface area contributed by atoms with Gasteiger partial charge < -0.3 is 5.32 Å². The fourth-order valence-corrected chi connectivity index (χ4v) is 2.47. The van der Waals surface area contributed by atoms with Crippen molar-refractivity contribution in [3.8, 4) is 0 Å². The second kappa shape index (κ2) is 4.91. The highest BCUT2D eigenvalue weighted by Crippen LogP contribution is 2.31. The van der Waals surface area contributed by atoms with E-state index in [4.69, 9.17) is 0 Å². The molecular weight excluding hydrogens is 210 g/mol. The summed E-state index contributed by atoms with van der Waals surface area (Å²) in [7, 11) is 0. The Hall–Kier alpha value is -1.31. The molecule has 1 amide bonds. The summed E-state index contributed by atoms with van der Waals surface area (Å²) in [5.74, 6) is 0.185. The summed E-state index contributed by atoms with van der Waals surface area (Å²) in [4.78, 5) is 11.2. The van der Waals surface area contributed by atoms with Gasteiger partial charge in [0.05, 0.1) is 0 Å². The van der Waals surface area contributed by atoms with E-state index in [0.29, 0.717) is 6.42 Å². The van der Waals surface area contributed by atoms with Crippen LogP contribution in [0.3, 0.4) is 0 Å². The number of carbonyl (C=O) groups excluding carboxylic acids is 1. The van der Waals surface area contributed by atoms with Crippen LogP contribution in [0.1, 0.15) is 44.2 Å². The minimum atomic E-state index is 0.110. The SMILES string of the molecule is CCCc1ccc(C2(C)CCC(=O)NC2)cc1. The molecule has 2 heteroatoms. The maximum absolute atomic E-state index is 11.2. The van der Waals surface area contributed by atoms with Crippen molar-refractivity contribution < 1.29 is 4.79 Å². The molecule has 0 spiro atoms. The first-order valence-electron chi connectivity index (χ1n) is 6.50. The number of amides is 1. The summed E-state index contributed by atoms with van der Waals surface area (Å²) in [5, 5.41) is 2.97. The lowest BCUT2D eigenvalue weighted by atomic mass is 9.76. The van der Waals surface area contributed by atoms with E-state index in [1.165, 1.54) is 17.5 Å². The average molecular weight is 231 g/mol. The van der Waals surface area contributed by atoms with Gasteiger partial charge in [-0.05, 0) is 24.0 Å². The second-order valence-electron chi connectivity index (χ2n) is 5.28. The fourth-order valence-electron chi connectivity index (χ4n) is 2.47. The van der Waals surface area contributed by atoms with Gasteiger partial charge in [0.25, 0.3) is 0 Å². The third-order valence-electron chi connectivity index (χ3n) is 3.77. The van der Waals surface area contributed by atoms with E-state index in [1.807, 2.05) is 0 Å². The molecule has 0 saturated carbocycles. The molecule has 0 bridgehead atoms. The number of hydrogen-bond acceptors (Lipinski definition) is 1. The fraction of sp³-hybridized carbons (Fsp3) is 0.533. The number of nitrogens with one attached hydrogen (secondary N) is 1. The van der Waals surface area contributed by atoms with Gasteiger partial charge in [-0.15, -0.1) is 0 Å². The molecule has 1 aliphatic heterocycles. The van der Waals surface area contributed by atoms with Crippen LogP contribution in [0.2, 0.25) is 0 Å². The van der Waals surface area contributed by atoms with Crippen LogP contribution >= 0.6 is 0 Å². The highest BCUT2D eigenvalue weighted by Gasteiger charge is 2.31.